The topological polar surface area (TPSA) is 75.6 Å². The van der Waals surface area contributed by atoms with Crippen LogP contribution < -0.4 is 10.1 Å². The van der Waals surface area contributed by atoms with E-state index in [-0.39, 0.29) is 18.4 Å². The first-order valence-electron chi connectivity index (χ1n) is 6.20. The van der Waals surface area contributed by atoms with Gasteiger partial charge in [0.2, 0.25) is 0 Å². The molecule has 0 aliphatic rings. The lowest BCUT2D eigenvalue weighted by Crippen LogP contribution is -2.32. The number of benzene rings is 1. The summed E-state index contributed by atoms with van der Waals surface area (Å²) in [6, 6.07) is 6.91. The minimum Gasteiger partial charge on any atom is -0.496 e. The van der Waals surface area contributed by atoms with E-state index in [0.29, 0.717) is 24.2 Å². The molecule has 5 nitrogen and oxygen atoms in total. The molecule has 0 aliphatic heterocycles. The Bertz CT molecular complexity index is 445. The number of ether oxygens (including phenoxy) is 1. The van der Waals surface area contributed by atoms with Crippen molar-refractivity contribution >= 4 is 11.9 Å². The Morgan fingerprint density at radius 1 is 1.37 bits per heavy atom. The first kappa shape index (κ1) is 15.0. The number of carbonyl (C=O) groups is 2. The van der Waals surface area contributed by atoms with Gasteiger partial charge in [0, 0.05) is 12.5 Å². The largest absolute Gasteiger partial charge is 0.496 e. The average Bonchev–Trinajstić information content (AvgIpc) is 2.38. The summed E-state index contributed by atoms with van der Waals surface area (Å²) in [6.45, 7) is 1.86. The number of nitrogens with one attached hydrogen (secondary N) is 1. The molecule has 0 bridgehead atoms. The van der Waals surface area contributed by atoms with E-state index in [1.807, 2.05) is 6.92 Å². The number of aliphatic carboxylic acids is 1. The number of hydrogen-bond donors (Lipinski definition) is 2. The SMILES string of the molecule is COc1ccccc1C(=O)NC(C)CCCC(=O)O. The van der Waals surface area contributed by atoms with Crippen LogP contribution in [-0.4, -0.2) is 30.1 Å². The van der Waals surface area contributed by atoms with Crippen molar-refractivity contribution in [2.75, 3.05) is 7.11 Å². The third kappa shape index (κ3) is 4.99. The fourth-order valence-electron chi connectivity index (χ4n) is 1.77. The van der Waals surface area contributed by atoms with Gasteiger partial charge in [0.1, 0.15) is 5.75 Å². The molecular weight excluding hydrogens is 246 g/mol. The van der Waals surface area contributed by atoms with Crippen LogP contribution in [0.25, 0.3) is 0 Å². The monoisotopic (exact) mass is 265 g/mol. The van der Waals surface area contributed by atoms with Crippen LogP contribution >= 0.6 is 0 Å². The molecule has 0 spiro atoms. The summed E-state index contributed by atoms with van der Waals surface area (Å²) in [4.78, 5) is 22.4. The minimum atomic E-state index is -0.816. The third-order valence-corrected chi connectivity index (χ3v) is 2.76. The predicted octanol–water partition coefficient (Wildman–Crippen LogP) is 2.07. The van der Waals surface area contributed by atoms with Gasteiger partial charge in [0.05, 0.1) is 12.7 Å². The molecule has 0 radical (unpaired) electrons. The van der Waals surface area contributed by atoms with Crippen LogP contribution in [-0.2, 0) is 4.79 Å². The molecule has 0 heterocycles. The van der Waals surface area contributed by atoms with Crippen molar-refractivity contribution in [3.05, 3.63) is 29.8 Å². The first-order chi connectivity index (χ1) is 9.04. The van der Waals surface area contributed by atoms with E-state index in [1.165, 1.54) is 7.11 Å². The highest BCUT2D eigenvalue weighted by Gasteiger charge is 2.13. The number of carbonyl (C=O) groups excluding carboxylic acids is 1. The molecule has 0 saturated carbocycles. The van der Waals surface area contributed by atoms with E-state index in [0.717, 1.165) is 0 Å². The van der Waals surface area contributed by atoms with Gasteiger partial charge >= 0.3 is 5.97 Å². The molecule has 0 aliphatic carbocycles. The highest BCUT2D eigenvalue weighted by Crippen LogP contribution is 2.17. The maximum Gasteiger partial charge on any atom is 0.303 e. The van der Waals surface area contributed by atoms with Gasteiger partial charge in [-0.1, -0.05) is 12.1 Å². The maximum absolute atomic E-state index is 12.0. The van der Waals surface area contributed by atoms with Crippen molar-refractivity contribution in [3.8, 4) is 5.75 Å². The number of rotatable bonds is 7. The van der Waals surface area contributed by atoms with Crippen molar-refractivity contribution < 1.29 is 19.4 Å². The van der Waals surface area contributed by atoms with Crippen molar-refractivity contribution in [2.45, 2.75) is 32.2 Å². The normalized spacial score (nSPS) is 11.7. The van der Waals surface area contributed by atoms with Crippen molar-refractivity contribution in [3.63, 3.8) is 0 Å². The summed E-state index contributed by atoms with van der Waals surface area (Å²) in [5.74, 6) is -0.499. The molecule has 0 fully saturated rings. The summed E-state index contributed by atoms with van der Waals surface area (Å²) < 4.78 is 5.12. The lowest BCUT2D eigenvalue weighted by molar-refractivity contribution is -0.137. The summed E-state index contributed by atoms with van der Waals surface area (Å²) in [5.41, 5.74) is 0.482. The number of carboxylic acid groups (broad SMARTS) is 1. The lowest BCUT2D eigenvalue weighted by Gasteiger charge is -2.14. The molecule has 1 unspecified atom stereocenters. The Kier molecular flexibility index (Phi) is 5.85. The summed E-state index contributed by atoms with van der Waals surface area (Å²) in [7, 11) is 1.52. The van der Waals surface area contributed by atoms with Crippen LogP contribution in [0.4, 0.5) is 0 Å². The molecule has 1 atom stereocenters. The van der Waals surface area contributed by atoms with Crippen LogP contribution in [0.1, 0.15) is 36.5 Å². The zero-order chi connectivity index (χ0) is 14.3. The van der Waals surface area contributed by atoms with Crippen LogP contribution in [0.3, 0.4) is 0 Å². The molecule has 104 valence electrons. The second kappa shape index (κ2) is 7.41. The van der Waals surface area contributed by atoms with E-state index in [4.69, 9.17) is 9.84 Å². The van der Waals surface area contributed by atoms with Crippen LogP contribution in [0.5, 0.6) is 5.75 Å². The zero-order valence-electron chi connectivity index (χ0n) is 11.2. The van der Waals surface area contributed by atoms with Crippen LogP contribution in [0, 0.1) is 0 Å². The van der Waals surface area contributed by atoms with Gasteiger partial charge in [-0.15, -0.1) is 0 Å². The molecule has 1 aromatic rings. The van der Waals surface area contributed by atoms with Gasteiger partial charge in [0.15, 0.2) is 0 Å². The van der Waals surface area contributed by atoms with E-state index in [2.05, 4.69) is 5.32 Å². The van der Waals surface area contributed by atoms with E-state index in [1.54, 1.807) is 24.3 Å². The molecule has 1 rings (SSSR count). The molecule has 5 heteroatoms. The zero-order valence-corrected chi connectivity index (χ0v) is 11.2. The molecule has 0 saturated heterocycles. The lowest BCUT2D eigenvalue weighted by atomic mass is 10.1. The van der Waals surface area contributed by atoms with Crippen LogP contribution in [0.15, 0.2) is 24.3 Å². The van der Waals surface area contributed by atoms with Gasteiger partial charge in [-0.2, -0.15) is 0 Å². The molecule has 2 N–H and O–H groups in total. The number of carboxylic acids is 1. The minimum absolute atomic E-state index is 0.0724. The van der Waals surface area contributed by atoms with Gasteiger partial charge in [-0.05, 0) is 31.9 Å². The van der Waals surface area contributed by atoms with Crippen LogP contribution in [0.2, 0.25) is 0 Å². The Labute approximate surface area is 112 Å². The molecule has 1 aromatic carbocycles. The van der Waals surface area contributed by atoms with Gasteiger partial charge < -0.3 is 15.2 Å². The predicted molar refractivity (Wildman–Crippen MR) is 71.4 cm³/mol. The number of amides is 1. The summed E-state index contributed by atoms with van der Waals surface area (Å²) in [5, 5.41) is 11.4. The maximum atomic E-state index is 12.0. The first-order valence-corrected chi connectivity index (χ1v) is 6.20. The standard InChI is InChI=1S/C14H19NO4/c1-10(6-5-9-13(16)17)15-14(18)11-7-3-4-8-12(11)19-2/h3-4,7-8,10H,5-6,9H2,1-2H3,(H,15,18)(H,16,17). The molecule has 0 aromatic heterocycles. The molecular formula is C14H19NO4. The van der Waals surface area contributed by atoms with Crippen molar-refractivity contribution in [1.29, 1.82) is 0 Å². The summed E-state index contributed by atoms with van der Waals surface area (Å²) >= 11 is 0. The smallest absolute Gasteiger partial charge is 0.303 e. The second-order valence-corrected chi connectivity index (χ2v) is 4.36. The Morgan fingerprint density at radius 3 is 2.68 bits per heavy atom. The van der Waals surface area contributed by atoms with E-state index < -0.39 is 5.97 Å². The third-order valence-electron chi connectivity index (χ3n) is 2.76. The average molecular weight is 265 g/mol. The fraction of sp³-hybridized carbons (Fsp3) is 0.429. The van der Waals surface area contributed by atoms with Gasteiger partial charge in [0.25, 0.3) is 5.91 Å². The van der Waals surface area contributed by atoms with E-state index >= 15 is 0 Å². The highest BCUT2D eigenvalue weighted by atomic mass is 16.5. The van der Waals surface area contributed by atoms with Crippen molar-refractivity contribution in [2.24, 2.45) is 0 Å². The fourth-order valence-corrected chi connectivity index (χ4v) is 1.77. The highest BCUT2D eigenvalue weighted by molar-refractivity contribution is 5.97. The number of hydrogen-bond acceptors (Lipinski definition) is 3. The van der Waals surface area contributed by atoms with Gasteiger partial charge in [-0.3, -0.25) is 9.59 Å². The summed E-state index contributed by atoms with van der Waals surface area (Å²) in [6.07, 6.45) is 1.30. The van der Waals surface area contributed by atoms with Gasteiger partial charge in [-0.25, -0.2) is 0 Å². The quantitative estimate of drug-likeness (QED) is 0.791. The molecule has 1 amide bonds. The van der Waals surface area contributed by atoms with Crippen molar-refractivity contribution in [1.82, 2.24) is 5.32 Å². The Hall–Kier alpha value is -2.04. The molecule has 19 heavy (non-hydrogen) atoms. The van der Waals surface area contributed by atoms with E-state index in [9.17, 15) is 9.59 Å². The Morgan fingerprint density at radius 2 is 2.05 bits per heavy atom. The second-order valence-electron chi connectivity index (χ2n) is 4.36. The Balaban J connectivity index is 2.52. The number of para-hydroxylation sites is 1. The number of methoxy groups -OCH3 is 1.